The molecule has 4 aromatic rings. The molecule has 1 unspecified atom stereocenters. The van der Waals surface area contributed by atoms with Crippen molar-refractivity contribution in [2.24, 2.45) is 11.8 Å². The van der Waals surface area contributed by atoms with E-state index < -0.39 is 30.5 Å². The van der Waals surface area contributed by atoms with Crippen molar-refractivity contribution in [3.8, 4) is 16.9 Å². The Hall–Kier alpha value is -4.09. The fourth-order valence-corrected chi connectivity index (χ4v) is 6.98. The molecule has 10 nitrogen and oxygen atoms in total. The summed E-state index contributed by atoms with van der Waals surface area (Å²) < 4.78 is 18.9. The Morgan fingerprint density at radius 1 is 1.07 bits per heavy atom. The molecule has 2 fully saturated rings. The van der Waals surface area contributed by atoms with Crippen molar-refractivity contribution in [2.75, 3.05) is 6.54 Å². The Morgan fingerprint density at radius 3 is 2.50 bits per heavy atom. The maximum absolute atomic E-state index is 13.6. The van der Waals surface area contributed by atoms with E-state index in [0.717, 1.165) is 56.1 Å². The molecule has 7 rings (SSSR count). The second kappa shape index (κ2) is 10.7. The summed E-state index contributed by atoms with van der Waals surface area (Å²) in [6.07, 6.45) is -0.463. The van der Waals surface area contributed by atoms with E-state index in [2.05, 4.69) is 81.3 Å². The molecular weight excluding hydrogens is 583 g/mol. The first kappa shape index (κ1) is 30.6. The Bertz CT molecular complexity index is 1870. The highest BCUT2D eigenvalue weighted by atomic mass is 16.7. The first-order valence-corrected chi connectivity index (χ1v) is 16.1. The summed E-state index contributed by atoms with van der Waals surface area (Å²) in [5, 5.41) is 13.8. The number of hydrogen-bond acceptors (Lipinski definition) is 6. The second-order valence-corrected chi connectivity index (χ2v) is 14.5. The molecule has 2 saturated heterocycles. The number of rotatable bonds is 5. The van der Waals surface area contributed by atoms with Gasteiger partial charge in [-0.3, -0.25) is 4.79 Å². The highest BCUT2D eigenvalue weighted by molar-refractivity contribution is 6.62. The third kappa shape index (κ3) is 5.00. The molecule has 0 spiro atoms. The van der Waals surface area contributed by atoms with Crippen LogP contribution in [0, 0.1) is 11.8 Å². The molecule has 3 aliphatic rings. The number of hydrogen-bond donors (Lipinski definition) is 3. The van der Waals surface area contributed by atoms with Gasteiger partial charge in [-0.05, 0) is 86.1 Å². The van der Waals surface area contributed by atoms with Crippen molar-refractivity contribution < 1.29 is 28.7 Å². The topological polar surface area (TPSA) is 126 Å². The van der Waals surface area contributed by atoms with Crippen molar-refractivity contribution >= 4 is 46.4 Å². The van der Waals surface area contributed by atoms with Gasteiger partial charge in [0.25, 0.3) is 0 Å². The first-order valence-electron chi connectivity index (χ1n) is 16.1. The molecule has 0 bridgehead atoms. The summed E-state index contributed by atoms with van der Waals surface area (Å²) in [5.74, 6) is 1.34. The van der Waals surface area contributed by atoms with Crippen molar-refractivity contribution in [1.82, 2.24) is 20.2 Å². The summed E-state index contributed by atoms with van der Waals surface area (Å²) in [6.45, 7) is 15.0. The molecule has 3 aromatic carbocycles. The minimum Gasteiger partial charge on any atom is -0.488 e. The van der Waals surface area contributed by atoms with Crippen molar-refractivity contribution in [3.05, 3.63) is 53.9 Å². The Morgan fingerprint density at radius 2 is 1.80 bits per heavy atom. The van der Waals surface area contributed by atoms with E-state index in [1.165, 1.54) is 0 Å². The monoisotopic (exact) mass is 624 g/mol. The quantitative estimate of drug-likeness (QED) is 0.241. The Kier molecular flexibility index (Phi) is 7.13. The van der Waals surface area contributed by atoms with Crippen LogP contribution in [0.3, 0.4) is 0 Å². The summed E-state index contributed by atoms with van der Waals surface area (Å²) in [6, 6.07) is 13.6. The number of carbonyl (C=O) groups excluding carboxylic acids is 1. The molecule has 4 heterocycles. The number of carbonyl (C=O) groups is 2. The summed E-state index contributed by atoms with van der Waals surface area (Å²) in [7, 11) is -0.436. The van der Waals surface area contributed by atoms with Crippen LogP contribution in [0.2, 0.25) is 0 Å². The lowest BCUT2D eigenvalue weighted by Gasteiger charge is -2.32. The summed E-state index contributed by atoms with van der Waals surface area (Å²) in [5.41, 5.74) is 5.07. The number of carboxylic acid groups (broad SMARTS) is 1. The first-order chi connectivity index (χ1) is 21.7. The minimum absolute atomic E-state index is 0.189. The molecule has 0 saturated carbocycles. The van der Waals surface area contributed by atoms with Gasteiger partial charge in [0, 0.05) is 17.5 Å². The standard InChI is InChI=1S/C35H41BN4O6/c1-18(2)29(39-33(42)43)32(41)40-16-19(3)12-27(40)31-37-26-11-8-20-14-25-23-10-9-22(36-45-34(4,5)35(6,7)46-36)13-21(23)17-44-28(25)15-24(20)30(26)38-31/h8-11,13-15,18-19,27,29,39H,12,16-17H2,1-7H3,(H,37,38)(H,42,43)/t19?,27-,29-/m0/s1. The van der Waals surface area contributed by atoms with E-state index in [9.17, 15) is 14.7 Å². The highest BCUT2D eigenvalue weighted by Gasteiger charge is 2.52. The zero-order valence-corrected chi connectivity index (χ0v) is 27.4. The number of nitrogens with one attached hydrogen (secondary N) is 2. The fraction of sp³-hybridized carbons (Fsp3) is 0.457. The molecule has 0 radical (unpaired) electrons. The lowest BCUT2D eigenvalue weighted by Crippen LogP contribution is -2.50. The van der Waals surface area contributed by atoms with Crippen LogP contribution in [-0.2, 0) is 20.7 Å². The van der Waals surface area contributed by atoms with Gasteiger partial charge < -0.3 is 34.4 Å². The van der Waals surface area contributed by atoms with Crippen LogP contribution >= 0.6 is 0 Å². The van der Waals surface area contributed by atoms with Crippen LogP contribution in [0.4, 0.5) is 4.79 Å². The number of imidazole rings is 1. The molecule has 3 atom stereocenters. The van der Waals surface area contributed by atoms with Gasteiger partial charge in [0.1, 0.15) is 24.2 Å². The third-order valence-corrected chi connectivity index (χ3v) is 10.2. The van der Waals surface area contributed by atoms with Gasteiger partial charge in [0.05, 0.1) is 28.3 Å². The molecule has 0 aliphatic carbocycles. The number of H-pyrrole nitrogens is 1. The van der Waals surface area contributed by atoms with Crippen LogP contribution < -0.4 is 15.5 Å². The summed E-state index contributed by atoms with van der Waals surface area (Å²) in [4.78, 5) is 35.4. The van der Waals surface area contributed by atoms with E-state index in [1.807, 2.05) is 19.9 Å². The lowest BCUT2D eigenvalue weighted by atomic mass is 9.77. The molecule has 46 heavy (non-hydrogen) atoms. The largest absolute Gasteiger partial charge is 0.494 e. The van der Waals surface area contributed by atoms with Gasteiger partial charge >= 0.3 is 13.2 Å². The number of nitrogens with zero attached hydrogens (tertiary/aromatic N) is 2. The van der Waals surface area contributed by atoms with E-state index in [4.69, 9.17) is 19.0 Å². The number of likely N-dealkylation sites (tertiary alicyclic amines) is 1. The number of ether oxygens (including phenoxy) is 1. The number of amides is 2. The number of aromatic nitrogens is 2. The van der Waals surface area contributed by atoms with Crippen molar-refractivity contribution in [3.63, 3.8) is 0 Å². The fourth-order valence-electron chi connectivity index (χ4n) is 6.98. The smallest absolute Gasteiger partial charge is 0.488 e. The second-order valence-electron chi connectivity index (χ2n) is 14.5. The van der Waals surface area contributed by atoms with Crippen LogP contribution in [0.1, 0.15) is 72.3 Å². The zero-order valence-electron chi connectivity index (χ0n) is 27.4. The van der Waals surface area contributed by atoms with Gasteiger partial charge in [0.2, 0.25) is 5.91 Å². The van der Waals surface area contributed by atoms with Crippen molar-refractivity contribution in [1.29, 1.82) is 0 Å². The number of aromatic amines is 1. The maximum Gasteiger partial charge on any atom is 0.494 e. The number of benzene rings is 3. The SMILES string of the molecule is CC1C[C@@H](c2nc3c(ccc4cc5c(cc43)OCc3cc(B4OC(C)(C)C(C)(C)O4)ccc3-5)[nH]2)N(C(=O)[C@@H](NC(=O)O)C(C)C)C1. The number of fused-ring (bicyclic) bond motifs is 6. The lowest BCUT2D eigenvalue weighted by molar-refractivity contribution is -0.135. The van der Waals surface area contributed by atoms with Gasteiger partial charge in [-0.15, -0.1) is 0 Å². The molecule has 2 amide bonds. The highest BCUT2D eigenvalue weighted by Crippen LogP contribution is 2.43. The van der Waals surface area contributed by atoms with Crippen LogP contribution in [0.15, 0.2) is 42.5 Å². The van der Waals surface area contributed by atoms with Gasteiger partial charge in [-0.1, -0.05) is 45.0 Å². The molecule has 11 heteroatoms. The normalized spacial score (nSPS) is 22.2. The third-order valence-electron chi connectivity index (χ3n) is 10.2. The van der Waals surface area contributed by atoms with E-state index in [0.29, 0.717) is 19.0 Å². The van der Waals surface area contributed by atoms with Gasteiger partial charge in [0.15, 0.2) is 0 Å². The average molecular weight is 625 g/mol. The minimum atomic E-state index is -1.20. The maximum atomic E-state index is 13.6. The molecule has 1 aromatic heterocycles. The van der Waals surface area contributed by atoms with Crippen molar-refractivity contribution in [2.45, 2.75) is 84.8 Å². The van der Waals surface area contributed by atoms with Crippen LogP contribution in [0.25, 0.3) is 32.9 Å². The van der Waals surface area contributed by atoms with E-state index in [1.54, 1.807) is 4.90 Å². The van der Waals surface area contributed by atoms with E-state index in [-0.39, 0.29) is 23.8 Å². The Balaban J connectivity index is 1.21. The Labute approximate surface area is 268 Å². The predicted octanol–water partition coefficient (Wildman–Crippen LogP) is 5.78. The average Bonchev–Trinajstić information content (AvgIpc) is 3.66. The van der Waals surface area contributed by atoms with Gasteiger partial charge in [-0.2, -0.15) is 0 Å². The zero-order chi connectivity index (χ0) is 32.7. The predicted molar refractivity (Wildman–Crippen MR) is 177 cm³/mol. The van der Waals surface area contributed by atoms with Gasteiger partial charge in [-0.25, -0.2) is 9.78 Å². The molecule has 3 aliphatic heterocycles. The molecule has 240 valence electrons. The van der Waals surface area contributed by atoms with Crippen LogP contribution in [-0.4, -0.2) is 62.9 Å². The van der Waals surface area contributed by atoms with Crippen LogP contribution in [0.5, 0.6) is 5.75 Å². The molecule has 3 N–H and O–H groups in total. The van der Waals surface area contributed by atoms with E-state index >= 15 is 0 Å². The summed E-state index contributed by atoms with van der Waals surface area (Å²) >= 11 is 0. The molecular formula is C35H41BN4O6.